The number of ether oxygens (including phenoxy) is 3. The largest absolute Gasteiger partial charge is 0.444 e. The number of aliphatic hydroxyl groups is 2. The van der Waals surface area contributed by atoms with Crippen LogP contribution >= 0.6 is 0 Å². The molecule has 47 heavy (non-hydrogen) atoms. The number of carbonyl (C=O) groups is 4. The number of aldehydes is 1. The van der Waals surface area contributed by atoms with Crippen LogP contribution in [0.15, 0.2) is 0 Å². The first-order chi connectivity index (χ1) is 21.7. The zero-order valence-electron chi connectivity index (χ0n) is 29.6. The van der Waals surface area contributed by atoms with Crippen LogP contribution in [0.4, 0.5) is 14.4 Å². The number of aliphatic hydroxyl groups excluding tert-OH is 2. The molecule has 3 fully saturated rings. The van der Waals surface area contributed by atoms with Crippen LogP contribution in [0.3, 0.4) is 0 Å². The second-order valence-electron chi connectivity index (χ2n) is 13.7. The maximum absolute atomic E-state index is 11.1. The predicted molar refractivity (Wildman–Crippen MR) is 187 cm³/mol. The van der Waals surface area contributed by atoms with Crippen LogP contribution in [0.5, 0.6) is 0 Å². The summed E-state index contributed by atoms with van der Waals surface area (Å²) in [6.07, 6.45) is 11.8. The predicted octanol–water partition coefficient (Wildman–Crippen LogP) is 3.58. The van der Waals surface area contributed by atoms with Gasteiger partial charge in [0.15, 0.2) is 0 Å². The van der Waals surface area contributed by atoms with E-state index < -0.39 is 28.4 Å². The van der Waals surface area contributed by atoms with Crippen LogP contribution in [-0.4, -0.2) is 137 Å². The number of hydrogen-bond acceptors (Lipinski definition) is 9. The lowest BCUT2D eigenvalue weighted by Gasteiger charge is -2.10. The lowest BCUT2D eigenvalue weighted by Crippen LogP contribution is -2.20. The van der Waals surface area contributed by atoms with Crippen LogP contribution in [0.1, 0.15) is 38.5 Å². The Balaban J connectivity index is 0.000000633. The smallest absolute Gasteiger partial charge is 0.409 e. The van der Waals surface area contributed by atoms with E-state index in [1.807, 2.05) is 0 Å². The number of terminal acetylenes is 2. The maximum atomic E-state index is 11.1. The minimum Gasteiger partial charge on any atom is -0.444 e. The molecule has 5 atom stereocenters. The average molecular weight is 694 g/mol. The Labute approximate surface area is 283 Å². The van der Waals surface area contributed by atoms with Crippen molar-refractivity contribution >= 4 is 40.7 Å². The fourth-order valence-corrected chi connectivity index (χ4v) is 4.40. The molecule has 0 saturated carbocycles. The van der Waals surface area contributed by atoms with Crippen molar-refractivity contribution < 1.29 is 43.6 Å². The molecule has 0 aromatic heterocycles. The summed E-state index contributed by atoms with van der Waals surface area (Å²) in [6.45, 7) is 14.6. The van der Waals surface area contributed by atoms with Gasteiger partial charge in [0.2, 0.25) is 0 Å². The molecular formula is C33H55N3O9Si2. The van der Waals surface area contributed by atoms with E-state index in [-0.39, 0.29) is 36.6 Å². The molecule has 14 heteroatoms. The van der Waals surface area contributed by atoms with Gasteiger partial charge in [-0.25, -0.2) is 14.4 Å². The number of carbonyl (C=O) groups excluding carboxylic acids is 4. The second-order valence-corrected chi connectivity index (χ2v) is 23.2. The first-order valence-electron chi connectivity index (χ1n) is 15.7. The van der Waals surface area contributed by atoms with Gasteiger partial charge in [-0.2, -0.15) is 0 Å². The quantitative estimate of drug-likeness (QED) is 0.160. The van der Waals surface area contributed by atoms with Crippen molar-refractivity contribution in [2.45, 2.75) is 108 Å². The molecule has 264 valence electrons. The number of likely N-dealkylation sites (N-methyl/N-ethyl adjacent to an activating group) is 3. The SMILES string of the molecule is C#CC(O)CCC1CN(C)C(=O)O1.C#C[Si](C)(C)C.CN1CC(CCC(O)C#C[Si](C)(C)C)OC1=O.CN1CC(CCC=O)OC1=O. The molecule has 3 rings (SSSR count). The summed E-state index contributed by atoms with van der Waals surface area (Å²) in [6, 6.07) is 0. The van der Waals surface area contributed by atoms with Crippen molar-refractivity contribution in [1.29, 1.82) is 0 Å². The molecule has 3 saturated heterocycles. The Bertz CT molecular complexity index is 1160. The topological polar surface area (TPSA) is 146 Å². The minimum atomic E-state index is -1.42. The van der Waals surface area contributed by atoms with E-state index >= 15 is 0 Å². The Kier molecular flexibility index (Phi) is 19.8. The Hall–Kier alpha value is -3.49. The highest BCUT2D eigenvalue weighted by Crippen LogP contribution is 2.16. The van der Waals surface area contributed by atoms with Crippen LogP contribution in [-0.2, 0) is 19.0 Å². The van der Waals surface area contributed by atoms with E-state index in [1.165, 1.54) is 9.80 Å². The summed E-state index contributed by atoms with van der Waals surface area (Å²) in [5.41, 5.74) is 5.88. The van der Waals surface area contributed by atoms with E-state index in [1.54, 1.807) is 26.0 Å². The third-order valence-corrected chi connectivity index (χ3v) is 8.30. The van der Waals surface area contributed by atoms with Crippen LogP contribution in [0.2, 0.25) is 39.3 Å². The van der Waals surface area contributed by atoms with Gasteiger partial charge in [0.25, 0.3) is 0 Å². The van der Waals surface area contributed by atoms with Gasteiger partial charge in [-0.05, 0) is 32.1 Å². The minimum absolute atomic E-state index is 0.0855. The van der Waals surface area contributed by atoms with E-state index in [0.717, 1.165) is 6.29 Å². The highest BCUT2D eigenvalue weighted by Gasteiger charge is 2.29. The lowest BCUT2D eigenvalue weighted by atomic mass is 10.1. The monoisotopic (exact) mass is 693 g/mol. The van der Waals surface area contributed by atoms with E-state index in [2.05, 4.69) is 62.2 Å². The third-order valence-electron chi connectivity index (χ3n) is 6.54. The molecular weight excluding hydrogens is 639 g/mol. The zero-order valence-corrected chi connectivity index (χ0v) is 31.6. The molecule has 0 spiro atoms. The normalized spacial score (nSPS) is 21.3. The van der Waals surface area contributed by atoms with Crippen molar-refractivity contribution in [2.24, 2.45) is 0 Å². The maximum Gasteiger partial charge on any atom is 0.409 e. The summed E-state index contributed by atoms with van der Waals surface area (Å²) < 4.78 is 15.0. The zero-order chi connectivity index (χ0) is 36.4. The van der Waals surface area contributed by atoms with Crippen LogP contribution in [0.25, 0.3) is 0 Å². The summed E-state index contributed by atoms with van der Waals surface area (Å²) in [5.74, 6) is 5.09. The average Bonchev–Trinajstić information content (AvgIpc) is 3.62. The summed E-state index contributed by atoms with van der Waals surface area (Å²) in [5, 5.41) is 18.8. The summed E-state index contributed by atoms with van der Waals surface area (Å²) in [4.78, 5) is 47.3. The van der Waals surface area contributed by atoms with Crippen molar-refractivity contribution in [3.63, 3.8) is 0 Å². The van der Waals surface area contributed by atoms with Crippen molar-refractivity contribution in [1.82, 2.24) is 14.7 Å². The van der Waals surface area contributed by atoms with Gasteiger partial charge in [-0.15, -0.1) is 23.9 Å². The van der Waals surface area contributed by atoms with Gasteiger partial charge >= 0.3 is 18.3 Å². The first kappa shape index (κ1) is 43.5. The molecule has 5 unspecified atom stereocenters. The molecule has 3 aliphatic heterocycles. The highest BCUT2D eigenvalue weighted by atomic mass is 28.3. The molecule has 0 radical (unpaired) electrons. The molecule has 3 amide bonds. The second kappa shape index (κ2) is 21.4. The van der Waals surface area contributed by atoms with Gasteiger partial charge in [-0.1, -0.05) is 51.1 Å². The number of amides is 3. The standard InChI is InChI=1S/C12H21NO3Si.C9H13NO3.C7H11NO3.C5H10Si/c1-13-9-11(16-12(13)15)6-5-10(14)7-8-17(2,3)4;1-3-7(11)4-5-8-6-10(2)9(12)13-8;1-8-5-6(3-2-4-9)11-7(8)10;1-5-6(2,3)4/h10-11,14H,5-6,9H2,1-4H3;1,7-8,11H,4-6H2,2H3;4,6H,2-3,5H2,1H3;1H,2-4H3. The Morgan fingerprint density at radius 1 is 0.745 bits per heavy atom. The fraction of sp³-hybridized carbons (Fsp3) is 0.697. The molecule has 3 heterocycles. The third kappa shape index (κ3) is 21.1. The van der Waals surface area contributed by atoms with Gasteiger partial charge < -0.3 is 43.9 Å². The first-order valence-corrected chi connectivity index (χ1v) is 22.7. The Morgan fingerprint density at radius 3 is 1.38 bits per heavy atom. The van der Waals surface area contributed by atoms with Crippen molar-refractivity contribution in [3.05, 3.63) is 0 Å². The Morgan fingerprint density at radius 2 is 1.11 bits per heavy atom. The summed E-state index contributed by atoms with van der Waals surface area (Å²) in [7, 11) is 2.56. The lowest BCUT2D eigenvalue weighted by molar-refractivity contribution is -0.108. The number of hydrogen-bond donors (Lipinski definition) is 2. The molecule has 0 aromatic carbocycles. The van der Waals surface area contributed by atoms with E-state index in [9.17, 15) is 24.3 Å². The van der Waals surface area contributed by atoms with Crippen molar-refractivity contribution in [3.8, 4) is 35.8 Å². The van der Waals surface area contributed by atoms with Crippen molar-refractivity contribution in [2.75, 3.05) is 40.8 Å². The summed E-state index contributed by atoms with van der Waals surface area (Å²) >= 11 is 0. The van der Waals surface area contributed by atoms with Gasteiger partial charge in [-0.3, -0.25) is 0 Å². The highest BCUT2D eigenvalue weighted by molar-refractivity contribution is 6.84. The van der Waals surface area contributed by atoms with Gasteiger partial charge in [0, 0.05) is 27.6 Å². The van der Waals surface area contributed by atoms with E-state index in [4.69, 9.17) is 32.2 Å². The van der Waals surface area contributed by atoms with Crippen LogP contribution < -0.4 is 0 Å². The number of rotatable bonds is 9. The van der Waals surface area contributed by atoms with Crippen LogP contribution in [0, 0.1) is 35.8 Å². The van der Waals surface area contributed by atoms with Gasteiger partial charge in [0.1, 0.15) is 53.0 Å². The molecule has 12 nitrogen and oxygen atoms in total. The molecule has 0 aromatic rings. The molecule has 0 aliphatic carbocycles. The van der Waals surface area contributed by atoms with Gasteiger partial charge in [0.05, 0.1) is 19.6 Å². The fourth-order valence-electron chi connectivity index (χ4n) is 3.80. The number of nitrogens with zero attached hydrogens (tertiary/aromatic N) is 3. The van der Waals surface area contributed by atoms with E-state index in [0.29, 0.717) is 58.2 Å². The molecule has 2 N–H and O–H groups in total. The molecule has 3 aliphatic rings. The molecule has 0 bridgehead atoms. The number of cyclic esters (lactones) is 3.